The minimum Gasteiger partial charge on any atom is -0.366 e. The van der Waals surface area contributed by atoms with Gasteiger partial charge in [-0.1, -0.05) is 0 Å². The SMILES string of the molecule is CONc1nc2c(N3CCN(C(=O)N(C)C)[C@H](C)C3)cc(S(=O)(=O)NC3(C)CC3)cc2c(=O)n1Cc1cnn(C)c1. The molecule has 222 valence electrons. The van der Waals surface area contributed by atoms with Gasteiger partial charge in [-0.15, -0.1) is 0 Å². The predicted molar refractivity (Wildman–Crippen MR) is 154 cm³/mol. The lowest BCUT2D eigenvalue weighted by Crippen LogP contribution is -2.56. The molecule has 2 amide bonds. The van der Waals surface area contributed by atoms with Crippen LogP contribution in [-0.4, -0.2) is 96.0 Å². The second-order valence-electron chi connectivity index (χ2n) is 11.3. The highest BCUT2D eigenvalue weighted by Gasteiger charge is 2.41. The highest BCUT2D eigenvalue weighted by Crippen LogP contribution is 2.37. The van der Waals surface area contributed by atoms with Gasteiger partial charge in [0.15, 0.2) is 0 Å². The van der Waals surface area contributed by atoms with Crippen LogP contribution in [0.15, 0.2) is 34.2 Å². The number of hydrogen-bond acceptors (Lipinski definition) is 9. The Morgan fingerprint density at radius 2 is 1.98 bits per heavy atom. The zero-order valence-corrected chi connectivity index (χ0v) is 25.0. The molecular formula is C26H37N9O5S. The normalized spacial score (nSPS) is 18.5. The summed E-state index contributed by atoms with van der Waals surface area (Å²) in [6, 6.07) is 2.71. The molecule has 1 aliphatic carbocycles. The molecule has 14 nitrogen and oxygen atoms in total. The number of urea groups is 1. The molecule has 2 aromatic heterocycles. The lowest BCUT2D eigenvalue weighted by molar-refractivity contribution is 0.147. The highest BCUT2D eigenvalue weighted by atomic mass is 32.2. The van der Waals surface area contributed by atoms with Crippen LogP contribution in [-0.2, 0) is 28.5 Å². The summed E-state index contributed by atoms with van der Waals surface area (Å²) in [7, 11) is 2.68. The minimum absolute atomic E-state index is 0.00754. The van der Waals surface area contributed by atoms with Crippen molar-refractivity contribution in [3.05, 3.63) is 40.4 Å². The van der Waals surface area contributed by atoms with Gasteiger partial charge in [0.05, 0.1) is 35.8 Å². The van der Waals surface area contributed by atoms with E-state index in [0.717, 1.165) is 18.4 Å². The van der Waals surface area contributed by atoms with Crippen molar-refractivity contribution in [1.29, 1.82) is 0 Å². The van der Waals surface area contributed by atoms with Gasteiger partial charge in [-0.25, -0.2) is 28.4 Å². The number of nitrogens with one attached hydrogen (secondary N) is 2. The molecule has 0 bridgehead atoms. The van der Waals surface area contributed by atoms with Crippen LogP contribution in [0.25, 0.3) is 10.9 Å². The van der Waals surface area contributed by atoms with Gasteiger partial charge in [-0.05, 0) is 38.8 Å². The molecule has 3 heterocycles. The maximum atomic E-state index is 14.0. The van der Waals surface area contributed by atoms with Crippen LogP contribution in [0.3, 0.4) is 0 Å². The van der Waals surface area contributed by atoms with Gasteiger partial charge in [0.1, 0.15) is 5.52 Å². The number of aromatic nitrogens is 4. The molecule has 1 aromatic carbocycles. The van der Waals surface area contributed by atoms with Crippen molar-refractivity contribution in [3.63, 3.8) is 0 Å². The van der Waals surface area contributed by atoms with Gasteiger partial charge in [0.25, 0.3) is 5.56 Å². The molecule has 3 aromatic rings. The molecule has 0 spiro atoms. The van der Waals surface area contributed by atoms with E-state index in [4.69, 9.17) is 9.82 Å². The number of benzene rings is 1. The third-order valence-corrected chi connectivity index (χ3v) is 9.21. The van der Waals surface area contributed by atoms with E-state index in [1.807, 2.05) is 18.7 Å². The van der Waals surface area contributed by atoms with Crippen LogP contribution in [0.5, 0.6) is 0 Å². The van der Waals surface area contributed by atoms with Crippen LogP contribution < -0.4 is 20.7 Å². The van der Waals surface area contributed by atoms with Crippen molar-refractivity contribution in [2.24, 2.45) is 7.05 Å². The molecule has 1 aliphatic heterocycles. The molecule has 5 rings (SSSR count). The molecule has 2 N–H and O–H groups in total. The summed E-state index contributed by atoms with van der Waals surface area (Å²) < 4.78 is 32.9. The van der Waals surface area contributed by atoms with Gasteiger partial charge < -0.3 is 14.7 Å². The maximum absolute atomic E-state index is 14.0. The first-order valence-electron chi connectivity index (χ1n) is 13.4. The molecule has 1 atom stereocenters. The minimum atomic E-state index is -3.94. The fourth-order valence-corrected chi connectivity index (χ4v) is 6.63. The van der Waals surface area contributed by atoms with Crippen molar-refractivity contribution in [3.8, 4) is 0 Å². The summed E-state index contributed by atoms with van der Waals surface area (Å²) in [5.41, 5.74) is 3.39. The fraction of sp³-hybridized carbons (Fsp3) is 0.538. The summed E-state index contributed by atoms with van der Waals surface area (Å²) in [5.74, 6) is 0.170. The number of hydrogen-bond donors (Lipinski definition) is 2. The first-order chi connectivity index (χ1) is 19.3. The third kappa shape index (κ3) is 5.74. The molecule has 0 unspecified atom stereocenters. The van der Waals surface area contributed by atoms with Crippen LogP contribution in [0.2, 0.25) is 0 Å². The van der Waals surface area contributed by atoms with Crippen LogP contribution >= 0.6 is 0 Å². The van der Waals surface area contributed by atoms with E-state index in [0.29, 0.717) is 30.8 Å². The molecular weight excluding hydrogens is 550 g/mol. The monoisotopic (exact) mass is 587 g/mol. The average molecular weight is 588 g/mol. The Kier molecular flexibility index (Phi) is 7.46. The molecule has 0 radical (unpaired) electrons. The number of carbonyl (C=O) groups excluding carboxylic acids is 1. The lowest BCUT2D eigenvalue weighted by atomic mass is 10.1. The summed E-state index contributed by atoms with van der Waals surface area (Å²) >= 11 is 0. The Bertz CT molecular complexity index is 1640. The average Bonchev–Trinajstić information content (AvgIpc) is 3.48. The topological polar surface area (TPSA) is 147 Å². The molecule has 1 saturated heterocycles. The van der Waals surface area contributed by atoms with Crippen LogP contribution in [0.4, 0.5) is 16.4 Å². The summed E-state index contributed by atoms with van der Waals surface area (Å²) in [5, 5.41) is 4.34. The zero-order valence-electron chi connectivity index (χ0n) is 24.2. The van der Waals surface area contributed by atoms with E-state index < -0.39 is 21.1 Å². The maximum Gasteiger partial charge on any atom is 0.319 e. The third-order valence-electron chi connectivity index (χ3n) is 7.59. The predicted octanol–water partition coefficient (Wildman–Crippen LogP) is 1.17. The quantitative estimate of drug-likeness (QED) is 0.371. The summed E-state index contributed by atoms with van der Waals surface area (Å²) in [6.45, 7) is 5.23. The van der Waals surface area contributed by atoms with Gasteiger partial charge in [-0.3, -0.25) is 18.9 Å². The number of sulfonamides is 1. The Balaban J connectivity index is 1.66. The van der Waals surface area contributed by atoms with E-state index >= 15 is 0 Å². The van der Waals surface area contributed by atoms with Gasteiger partial charge in [0, 0.05) is 64.1 Å². The summed E-state index contributed by atoms with van der Waals surface area (Å²) in [6.07, 6.45) is 4.93. The van der Waals surface area contributed by atoms with Gasteiger partial charge in [-0.2, -0.15) is 5.10 Å². The first-order valence-corrected chi connectivity index (χ1v) is 14.9. The second kappa shape index (κ2) is 10.6. The number of amides is 2. The second-order valence-corrected chi connectivity index (χ2v) is 13.0. The van der Waals surface area contributed by atoms with Gasteiger partial charge >= 0.3 is 6.03 Å². The fourth-order valence-electron chi connectivity index (χ4n) is 5.12. The number of nitrogens with zero attached hydrogens (tertiary/aromatic N) is 7. The van der Waals surface area contributed by atoms with Crippen LogP contribution in [0.1, 0.15) is 32.3 Å². The van der Waals surface area contributed by atoms with Crippen molar-refractivity contribution < 1.29 is 18.0 Å². The lowest BCUT2D eigenvalue weighted by Gasteiger charge is -2.42. The Hall–Kier alpha value is -3.69. The van der Waals surface area contributed by atoms with Crippen molar-refractivity contribution in [2.75, 3.05) is 51.2 Å². The Morgan fingerprint density at radius 1 is 1.24 bits per heavy atom. The molecule has 15 heteroatoms. The van der Waals surface area contributed by atoms with E-state index in [-0.39, 0.29) is 34.8 Å². The number of piperazine rings is 1. The molecule has 41 heavy (non-hydrogen) atoms. The summed E-state index contributed by atoms with van der Waals surface area (Å²) in [4.78, 5) is 42.0. The smallest absolute Gasteiger partial charge is 0.319 e. The van der Waals surface area contributed by atoms with Crippen molar-refractivity contribution in [2.45, 2.75) is 49.7 Å². The molecule has 2 fully saturated rings. The number of rotatable bonds is 8. The largest absolute Gasteiger partial charge is 0.366 e. The number of anilines is 2. The standard InChI is InChI=1S/C26H37N9O5S/c1-17-14-33(9-10-34(17)25(37)31(3)4)21-12-19(41(38,39)30-26(2)7-8-26)11-20-22(21)28-24(29-40-6)35(23(20)36)16-18-13-27-32(5)15-18/h11-13,15,17,30H,7-10,14,16H2,1-6H3,(H,28,29)/t17-/m1/s1. The van der Waals surface area contributed by atoms with E-state index in [2.05, 4.69) is 15.3 Å². The highest BCUT2D eigenvalue weighted by molar-refractivity contribution is 7.89. The molecule has 2 aliphatic rings. The Morgan fingerprint density at radius 3 is 2.56 bits per heavy atom. The van der Waals surface area contributed by atoms with Crippen LogP contribution in [0, 0.1) is 0 Å². The zero-order chi connectivity index (χ0) is 29.7. The van der Waals surface area contributed by atoms with Crippen molar-refractivity contribution in [1.82, 2.24) is 33.9 Å². The first kappa shape index (κ1) is 28.8. The molecule has 1 saturated carbocycles. The van der Waals surface area contributed by atoms with E-state index in [1.54, 1.807) is 49.2 Å². The van der Waals surface area contributed by atoms with E-state index in [1.165, 1.54) is 22.6 Å². The van der Waals surface area contributed by atoms with Crippen molar-refractivity contribution >= 4 is 38.6 Å². The number of fused-ring (bicyclic) bond motifs is 1. The Labute approximate surface area is 238 Å². The number of aryl methyl sites for hydroxylation is 1. The van der Waals surface area contributed by atoms with Gasteiger partial charge in [0.2, 0.25) is 16.0 Å². The number of carbonyl (C=O) groups is 1. The van der Waals surface area contributed by atoms with E-state index in [9.17, 15) is 18.0 Å².